The third kappa shape index (κ3) is 2.22. The highest BCUT2D eigenvalue weighted by molar-refractivity contribution is 5.75. The molecule has 0 atom stereocenters. The minimum atomic E-state index is -0.820. The molecule has 8 nitrogen and oxygen atoms in total. The average Bonchev–Trinajstić information content (AvgIpc) is 2.84. The number of carboxylic acid groups (broad SMARTS) is 1. The first-order valence-corrected chi connectivity index (χ1v) is 6.68. The van der Waals surface area contributed by atoms with Gasteiger partial charge in [0.05, 0.1) is 12.0 Å². The maximum Gasteiger partial charge on any atom is 0.311 e. The van der Waals surface area contributed by atoms with Crippen molar-refractivity contribution in [1.29, 1.82) is 0 Å². The molecule has 0 spiro atoms. The van der Waals surface area contributed by atoms with Gasteiger partial charge in [0.15, 0.2) is 5.82 Å². The molecule has 110 valence electrons. The summed E-state index contributed by atoms with van der Waals surface area (Å²) < 4.78 is 2.92. The van der Waals surface area contributed by atoms with Gasteiger partial charge in [0.2, 0.25) is 0 Å². The summed E-state index contributed by atoms with van der Waals surface area (Å²) >= 11 is 0. The lowest BCUT2D eigenvalue weighted by Gasteiger charge is -2.37. The van der Waals surface area contributed by atoms with E-state index in [1.165, 1.54) is 15.3 Å². The van der Waals surface area contributed by atoms with Gasteiger partial charge in [-0.2, -0.15) is 0 Å². The third-order valence-corrected chi connectivity index (χ3v) is 4.11. The smallest absolute Gasteiger partial charge is 0.311 e. The first-order chi connectivity index (χ1) is 10.0. The predicted octanol–water partition coefficient (Wildman–Crippen LogP) is 0.294. The zero-order valence-corrected chi connectivity index (χ0v) is 11.6. The van der Waals surface area contributed by atoms with Crippen molar-refractivity contribution in [2.45, 2.75) is 25.8 Å². The Bertz CT molecular complexity index is 744. The van der Waals surface area contributed by atoms with Gasteiger partial charge in [0, 0.05) is 24.9 Å². The van der Waals surface area contributed by atoms with E-state index in [9.17, 15) is 14.7 Å². The zero-order valence-electron chi connectivity index (χ0n) is 11.6. The second-order valence-electron chi connectivity index (χ2n) is 5.46. The largest absolute Gasteiger partial charge is 0.481 e. The Labute approximate surface area is 120 Å². The van der Waals surface area contributed by atoms with Crippen molar-refractivity contribution < 1.29 is 9.90 Å². The van der Waals surface area contributed by atoms with Gasteiger partial charge in [-0.1, -0.05) is 6.42 Å². The Kier molecular flexibility index (Phi) is 3.08. The summed E-state index contributed by atoms with van der Waals surface area (Å²) in [4.78, 5) is 23.1. The number of rotatable bonds is 4. The van der Waals surface area contributed by atoms with E-state index in [0.717, 1.165) is 6.42 Å². The number of tetrazole rings is 1. The highest BCUT2D eigenvalue weighted by Crippen LogP contribution is 2.42. The number of aromatic nitrogens is 5. The molecule has 1 N–H and O–H groups in total. The molecule has 0 amide bonds. The van der Waals surface area contributed by atoms with E-state index in [1.807, 2.05) is 0 Å². The van der Waals surface area contributed by atoms with Crippen LogP contribution in [0.2, 0.25) is 0 Å². The lowest BCUT2D eigenvalue weighted by atomic mass is 9.69. The fraction of sp³-hybridized carbons (Fsp3) is 0.462. The van der Waals surface area contributed by atoms with Crippen LogP contribution in [0.3, 0.4) is 0 Å². The van der Waals surface area contributed by atoms with Crippen molar-refractivity contribution in [2.75, 3.05) is 0 Å². The maximum atomic E-state index is 11.7. The molecule has 8 heteroatoms. The van der Waals surface area contributed by atoms with Gasteiger partial charge in [-0.05, 0) is 29.3 Å². The molecular weight excluding hydrogens is 274 g/mol. The van der Waals surface area contributed by atoms with Crippen LogP contribution in [0, 0.1) is 5.41 Å². The standard InChI is InChI=1S/C13H15N5O3/c1-17-6-3-9(7-10(17)19)11-14-15-16-18(11)8-13(12(20)21)4-2-5-13/h3,6-7H,2,4-5,8H2,1H3,(H,20,21). The van der Waals surface area contributed by atoms with Crippen molar-refractivity contribution in [2.24, 2.45) is 12.5 Å². The molecular formula is C13H15N5O3. The quantitative estimate of drug-likeness (QED) is 0.868. The van der Waals surface area contributed by atoms with Crippen LogP contribution in [0.15, 0.2) is 23.1 Å². The number of aryl methyl sites for hydroxylation is 1. The predicted molar refractivity (Wildman–Crippen MR) is 72.4 cm³/mol. The van der Waals surface area contributed by atoms with Crippen LogP contribution >= 0.6 is 0 Å². The van der Waals surface area contributed by atoms with E-state index >= 15 is 0 Å². The monoisotopic (exact) mass is 289 g/mol. The van der Waals surface area contributed by atoms with Gasteiger partial charge in [0.1, 0.15) is 0 Å². The fourth-order valence-corrected chi connectivity index (χ4v) is 2.54. The first kappa shape index (κ1) is 13.5. The highest BCUT2D eigenvalue weighted by Gasteiger charge is 2.45. The highest BCUT2D eigenvalue weighted by atomic mass is 16.4. The summed E-state index contributed by atoms with van der Waals surface area (Å²) in [7, 11) is 1.66. The van der Waals surface area contributed by atoms with Crippen molar-refractivity contribution >= 4 is 5.97 Å². The van der Waals surface area contributed by atoms with E-state index in [0.29, 0.717) is 24.2 Å². The molecule has 0 saturated heterocycles. The van der Waals surface area contributed by atoms with Gasteiger partial charge in [-0.15, -0.1) is 5.10 Å². The third-order valence-electron chi connectivity index (χ3n) is 4.11. The molecule has 2 aromatic rings. The lowest BCUT2D eigenvalue weighted by molar-refractivity contribution is -0.156. The van der Waals surface area contributed by atoms with Gasteiger partial charge < -0.3 is 9.67 Å². The minimum absolute atomic E-state index is 0.168. The van der Waals surface area contributed by atoms with Crippen LogP contribution < -0.4 is 5.56 Å². The summed E-state index contributed by atoms with van der Waals surface area (Å²) in [5, 5.41) is 20.8. The van der Waals surface area contributed by atoms with Crippen LogP contribution in [-0.4, -0.2) is 35.9 Å². The number of aliphatic carboxylic acids is 1. The van der Waals surface area contributed by atoms with E-state index in [4.69, 9.17) is 0 Å². The van der Waals surface area contributed by atoms with Gasteiger partial charge in [0.25, 0.3) is 5.56 Å². The molecule has 2 heterocycles. The van der Waals surface area contributed by atoms with Crippen molar-refractivity contribution in [3.8, 4) is 11.4 Å². The fourth-order valence-electron chi connectivity index (χ4n) is 2.54. The number of pyridine rings is 1. The van der Waals surface area contributed by atoms with Crippen LogP contribution in [0.1, 0.15) is 19.3 Å². The minimum Gasteiger partial charge on any atom is -0.481 e. The van der Waals surface area contributed by atoms with E-state index < -0.39 is 11.4 Å². The van der Waals surface area contributed by atoms with Gasteiger partial charge >= 0.3 is 5.97 Å². The number of hydrogen-bond donors (Lipinski definition) is 1. The van der Waals surface area contributed by atoms with E-state index in [2.05, 4.69) is 15.5 Å². The summed E-state index contributed by atoms with van der Waals surface area (Å²) in [6.07, 6.45) is 3.78. The Morgan fingerprint density at radius 2 is 2.24 bits per heavy atom. The molecule has 0 aliphatic heterocycles. The molecule has 1 aliphatic carbocycles. The summed E-state index contributed by atoms with van der Waals surface area (Å²) in [5.74, 6) is -0.403. The molecule has 21 heavy (non-hydrogen) atoms. The molecule has 1 saturated carbocycles. The number of carbonyl (C=O) groups is 1. The topological polar surface area (TPSA) is 103 Å². The second kappa shape index (κ2) is 4.80. The number of carboxylic acids is 1. The molecule has 2 aromatic heterocycles. The molecule has 1 fully saturated rings. The average molecular weight is 289 g/mol. The SMILES string of the molecule is Cn1ccc(-c2nnnn2CC2(C(=O)O)CCC2)cc1=O. The molecule has 0 aromatic carbocycles. The lowest BCUT2D eigenvalue weighted by Crippen LogP contribution is -2.42. The van der Waals surface area contributed by atoms with Gasteiger partial charge in [-0.3, -0.25) is 9.59 Å². The first-order valence-electron chi connectivity index (χ1n) is 6.68. The number of nitrogens with zero attached hydrogens (tertiary/aromatic N) is 5. The molecule has 1 aliphatic rings. The summed E-state index contributed by atoms with van der Waals surface area (Å²) in [6, 6.07) is 3.17. The van der Waals surface area contributed by atoms with E-state index in [-0.39, 0.29) is 12.1 Å². The Balaban J connectivity index is 1.96. The Hall–Kier alpha value is -2.51. The Morgan fingerprint density at radius 1 is 1.48 bits per heavy atom. The zero-order chi connectivity index (χ0) is 15.0. The molecule has 0 radical (unpaired) electrons. The van der Waals surface area contributed by atoms with Gasteiger partial charge in [-0.25, -0.2) is 4.68 Å². The molecule has 0 bridgehead atoms. The Morgan fingerprint density at radius 3 is 2.81 bits per heavy atom. The van der Waals surface area contributed by atoms with Crippen LogP contribution in [0.5, 0.6) is 0 Å². The summed E-state index contributed by atoms with van der Waals surface area (Å²) in [6.45, 7) is 0.222. The number of hydrogen-bond acceptors (Lipinski definition) is 5. The maximum absolute atomic E-state index is 11.7. The van der Waals surface area contributed by atoms with Crippen LogP contribution in [-0.2, 0) is 18.4 Å². The normalized spacial score (nSPS) is 16.4. The van der Waals surface area contributed by atoms with Crippen molar-refractivity contribution in [3.63, 3.8) is 0 Å². The van der Waals surface area contributed by atoms with Crippen LogP contribution in [0.25, 0.3) is 11.4 Å². The summed E-state index contributed by atoms with van der Waals surface area (Å²) in [5.41, 5.74) is -0.370. The second-order valence-corrected chi connectivity index (χ2v) is 5.46. The van der Waals surface area contributed by atoms with Crippen molar-refractivity contribution in [3.05, 3.63) is 28.7 Å². The molecule has 3 rings (SSSR count). The van der Waals surface area contributed by atoms with Crippen LogP contribution in [0.4, 0.5) is 0 Å². The van der Waals surface area contributed by atoms with Crippen molar-refractivity contribution in [1.82, 2.24) is 24.8 Å². The van der Waals surface area contributed by atoms with E-state index in [1.54, 1.807) is 19.3 Å². The molecule has 0 unspecified atom stereocenters.